The highest BCUT2D eigenvalue weighted by molar-refractivity contribution is 6.30. The quantitative estimate of drug-likeness (QED) is 0.747. The molecule has 1 aromatic rings. The molecule has 0 saturated heterocycles. The molecule has 0 aliphatic heterocycles. The fourth-order valence-electron chi connectivity index (χ4n) is 1.58. The highest BCUT2D eigenvalue weighted by Crippen LogP contribution is 2.20. The van der Waals surface area contributed by atoms with Crippen LogP contribution in [0.1, 0.15) is 37.6 Å². The maximum atomic E-state index is 5.96. The minimum Gasteiger partial charge on any atom is -0.154 e. The number of aryl methyl sites for hydroxylation is 1. The first-order chi connectivity index (χ1) is 6.24. The van der Waals surface area contributed by atoms with Gasteiger partial charge in [-0.3, -0.25) is 0 Å². The predicted octanol–water partition coefficient (Wildman–Crippen LogP) is 2.82. The molecule has 1 heterocycles. The topological polar surface area (TPSA) is 25.8 Å². The molecule has 0 N–H and O–H groups in total. The van der Waals surface area contributed by atoms with Gasteiger partial charge in [-0.25, -0.2) is 0 Å². The summed E-state index contributed by atoms with van der Waals surface area (Å²) in [5.74, 6) is 0. The third kappa shape index (κ3) is 1.99. The zero-order valence-corrected chi connectivity index (χ0v) is 9.15. The number of aromatic nitrogens is 2. The molecule has 0 bridgehead atoms. The van der Waals surface area contributed by atoms with Crippen LogP contribution >= 0.6 is 11.6 Å². The van der Waals surface area contributed by atoms with Gasteiger partial charge in [-0.05, 0) is 30.4 Å². The average Bonchev–Trinajstić information content (AvgIpc) is 2.17. The summed E-state index contributed by atoms with van der Waals surface area (Å²) in [6.07, 6.45) is 2.85. The van der Waals surface area contributed by atoms with Gasteiger partial charge in [-0.1, -0.05) is 32.4 Å². The summed E-state index contributed by atoms with van der Waals surface area (Å²) in [5.41, 5.74) is 3.53. The fourth-order valence-corrected chi connectivity index (χ4v) is 1.87. The molecule has 0 aliphatic carbocycles. The monoisotopic (exact) mass is 198 g/mol. The zero-order valence-electron chi connectivity index (χ0n) is 8.39. The van der Waals surface area contributed by atoms with Crippen molar-refractivity contribution in [1.82, 2.24) is 10.2 Å². The van der Waals surface area contributed by atoms with E-state index in [0.29, 0.717) is 5.15 Å². The lowest BCUT2D eigenvalue weighted by Crippen LogP contribution is -2.04. The molecule has 0 aliphatic rings. The maximum Gasteiger partial charge on any atom is 0.155 e. The van der Waals surface area contributed by atoms with Crippen LogP contribution in [-0.2, 0) is 19.3 Å². The molecule has 2 nitrogen and oxygen atoms in total. The van der Waals surface area contributed by atoms with Crippen LogP contribution in [0, 0.1) is 0 Å². The van der Waals surface area contributed by atoms with Gasteiger partial charge < -0.3 is 0 Å². The number of hydrogen-bond acceptors (Lipinski definition) is 2. The Bertz CT molecular complexity index is 297. The Labute approximate surface area is 84.3 Å². The van der Waals surface area contributed by atoms with E-state index in [1.54, 1.807) is 0 Å². The summed E-state index contributed by atoms with van der Waals surface area (Å²) in [4.78, 5) is 0. The van der Waals surface area contributed by atoms with Crippen LogP contribution in [0.4, 0.5) is 0 Å². The second-order valence-corrected chi connectivity index (χ2v) is 3.31. The van der Waals surface area contributed by atoms with Crippen molar-refractivity contribution in [2.24, 2.45) is 0 Å². The smallest absolute Gasteiger partial charge is 0.154 e. The van der Waals surface area contributed by atoms with Gasteiger partial charge in [0.05, 0.1) is 5.69 Å². The lowest BCUT2D eigenvalue weighted by Gasteiger charge is -2.10. The first kappa shape index (κ1) is 10.5. The van der Waals surface area contributed by atoms with Crippen LogP contribution in [0.15, 0.2) is 0 Å². The van der Waals surface area contributed by atoms with Gasteiger partial charge in [-0.15, -0.1) is 5.10 Å². The van der Waals surface area contributed by atoms with E-state index < -0.39 is 0 Å². The van der Waals surface area contributed by atoms with Crippen LogP contribution < -0.4 is 0 Å². The van der Waals surface area contributed by atoms with E-state index in [2.05, 4.69) is 31.0 Å². The van der Waals surface area contributed by atoms with Crippen LogP contribution in [0.25, 0.3) is 0 Å². The average molecular weight is 199 g/mol. The maximum absolute atomic E-state index is 5.96. The minimum atomic E-state index is 0.566. The van der Waals surface area contributed by atoms with Gasteiger partial charge >= 0.3 is 0 Å². The van der Waals surface area contributed by atoms with Crippen molar-refractivity contribution >= 4 is 11.6 Å². The first-order valence-corrected chi connectivity index (χ1v) is 5.15. The molecule has 0 saturated carbocycles. The van der Waals surface area contributed by atoms with Gasteiger partial charge in [0.2, 0.25) is 0 Å². The molecule has 13 heavy (non-hydrogen) atoms. The highest BCUT2D eigenvalue weighted by Gasteiger charge is 2.10. The highest BCUT2D eigenvalue weighted by atomic mass is 35.5. The van der Waals surface area contributed by atoms with Crippen molar-refractivity contribution in [3.63, 3.8) is 0 Å². The molecule has 0 spiro atoms. The Kier molecular flexibility index (Phi) is 3.67. The SMILES string of the molecule is CCc1nnc(Cl)c(CC)c1CC. The van der Waals surface area contributed by atoms with Gasteiger partial charge in [-0.2, -0.15) is 5.10 Å². The molecule has 0 amide bonds. The summed E-state index contributed by atoms with van der Waals surface area (Å²) in [6.45, 7) is 6.32. The van der Waals surface area contributed by atoms with E-state index in [9.17, 15) is 0 Å². The second-order valence-electron chi connectivity index (χ2n) is 2.96. The van der Waals surface area contributed by atoms with Gasteiger partial charge in [0.25, 0.3) is 0 Å². The Balaban J connectivity index is 3.27. The van der Waals surface area contributed by atoms with Crippen molar-refractivity contribution in [3.8, 4) is 0 Å². The molecule has 0 unspecified atom stereocenters. The van der Waals surface area contributed by atoms with Crippen molar-refractivity contribution in [3.05, 3.63) is 22.0 Å². The zero-order chi connectivity index (χ0) is 9.84. The van der Waals surface area contributed by atoms with Crippen molar-refractivity contribution in [2.45, 2.75) is 40.0 Å². The van der Waals surface area contributed by atoms with E-state index in [1.165, 1.54) is 5.56 Å². The lowest BCUT2D eigenvalue weighted by molar-refractivity contribution is 0.849. The molecule has 72 valence electrons. The molecule has 0 atom stereocenters. The van der Waals surface area contributed by atoms with Crippen LogP contribution in [0.3, 0.4) is 0 Å². The normalized spacial score (nSPS) is 10.5. The molecule has 0 fully saturated rings. The summed E-state index contributed by atoms with van der Waals surface area (Å²) in [6, 6.07) is 0. The Morgan fingerprint density at radius 1 is 0.923 bits per heavy atom. The molecular formula is C10H15ClN2. The molecule has 1 rings (SSSR count). The van der Waals surface area contributed by atoms with E-state index in [-0.39, 0.29) is 0 Å². The third-order valence-electron chi connectivity index (χ3n) is 2.26. The van der Waals surface area contributed by atoms with Crippen LogP contribution in [0.5, 0.6) is 0 Å². The Hall–Kier alpha value is -0.630. The van der Waals surface area contributed by atoms with E-state index in [0.717, 1.165) is 30.5 Å². The molecule has 3 heteroatoms. The number of halogens is 1. The van der Waals surface area contributed by atoms with Crippen LogP contribution in [0.2, 0.25) is 5.15 Å². The summed E-state index contributed by atoms with van der Waals surface area (Å²) < 4.78 is 0. The number of rotatable bonds is 3. The minimum absolute atomic E-state index is 0.566. The van der Waals surface area contributed by atoms with Crippen LogP contribution in [-0.4, -0.2) is 10.2 Å². The number of nitrogens with zero attached hydrogens (tertiary/aromatic N) is 2. The van der Waals surface area contributed by atoms with Crippen molar-refractivity contribution < 1.29 is 0 Å². The second kappa shape index (κ2) is 4.56. The molecular weight excluding hydrogens is 184 g/mol. The predicted molar refractivity (Wildman–Crippen MR) is 55.2 cm³/mol. The summed E-state index contributed by atoms with van der Waals surface area (Å²) in [5, 5.41) is 8.61. The first-order valence-electron chi connectivity index (χ1n) is 4.77. The largest absolute Gasteiger partial charge is 0.155 e. The van der Waals surface area contributed by atoms with E-state index in [1.807, 2.05) is 0 Å². The lowest BCUT2D eigenvalue weighted by atomic mass is 10.0. The van der Waals surface area contributed by atoms with E-state index >= 15 is 0 Å². The summed E-state index contributed by atoms with van der Waals surface area (Å²) >= 11 is 5.96. The fraction of sp³-hybridized carbons (Fsp3) is 0.600. The van der Waals surface area contributed by atoms with E-state index in [4.69, 9.17) is 11.6 Å². The standard InChI is InChI=1S/C10H15ClN2/c1-4-7-8(5-2)10(11)13-12-9(7)6-3/h4-6H2,1-3H3. The molecule has 0 radical (unpaired) electrons. The number of hydrogen-bond donors (Lipinski definition) is 0. The third-order valence-corrected chi connectivity index (χ3v) is 2.57. The van der Waals surface area contributed by atoms with Crippen molar-refractivity contribution in [1.29, 1.82) is 0 Å². The molecule has 0 aromatic carbocycles. The summed E-state index contributed by atoms with van der Waals surface area (Å²) in [7, 11) is 0. The Morgan fingerprint density at radius 2 is 1.54 bits per heavy atom. The van der Waals surface area contributed by atoms with Gasteiger partial charge in [0.15, 0.2) is 5.15 Å². The van der Waals surface area contributed by atoms with Gasteiger partial charge in [0, 0.05) is 0 Å². The Morgan fingerprint density at radius 3 is 2.00 bits per heavy atom. The molecule has 1 aromatic heterocycles. The van der Waals surface area contributed by atoms with Crippen molar-refractivity contribution in [2.75, 3.05) is 0 Å². The van der Waals surface area contributed by atoms with Gasteiger partial charge in [0.1, 0.15) is 0 Å².